The van der Waals surface area contributed by atoms with Gasteiger partial charge in [0.1, 0.15) is 5.82 Å². The molecule has 1 N–H and O–H groups in total. The molecule has 2 heterocycles. The molecule has 0 radical (unpaired) electrons. The molecule has 1 aliphatic rings. The zero-order valence-corrected chi connectivity index (χ0v) is 10.6. The van der Waals surface area contributed by atoms with E-state index in [0.29, 0.717) is 12.8 Å². The van der Waals surface area contributed by atoms with E-state index in [-0.39, 0.29) is 5.92 Å². The molecular formula is C15H16N2O2. The van der Waals surface area contributed by atoms with Gasteiger partial charge < -0.3 is 9.67 Å². The first-order valence-corrected chi connectivity index (χ1v) is 6.54. The normalized spacial score (nSPS) is 18.0. The number of carboxylic acid groups (broad SMARTS) is 1. The lowest BCUT2D eigenvalue weighted by molar-refractivity contribution is -0.142. The predicted octanol–water partition coefficient (Wildman–Crippen LogP) is 2.12. The Labute approximate surface area is 111 Å². The number of benzene rings is 1. The Morgan fingerprint density at radius 2 is 2.16 bits per heavy atom. The Morgan fingerprint density at radius 3 is 2.89 bits per heavy atom. The first kappa shape index (κ1) is 12.0. The number of nitrogens with zero attached hydrogens (tertiary/aromatic N) is 2. The summed E-state index contributed by atoms with van der Waals surface area (Å²) in [5.74, 6) is -0.0806. The summed E-state index contributed by atoms with van der Waals surface area (Å²) in [5, 5.41) is 9.07. The van der Waals surface area contributed by atoms with Crippen molar-refractivity contribution in [2.45, 2.75) is 25.8 Å². The molecule has 1 aliphatic heterocycles. The van der Waals surface area contributed by atoms with Crippen LogP contribution >= 0.6 is 0 Å². The van der Waals surface area contributed by atoms with Crippen molar-refractivity contribution in [3.8, 4) is 0 Å². The third kappa shape index (κ3) is 2.52. The van der Waals surface area contributed by atoms with Crippen molar-refractivity contribution < 1.29 is 9.90 Å². The van der Waals surface area contributed by atoms with Crippen LogP contribution in [-0.4, -0.2) is 20.6 Å². The maximum atomic E-state index is 11.0. The van der Waals surface area contributed by atoms with Crippen LogP contribution in [0.5, 0.6) is 0 Å². The molecule has 0 bridgehead atoms. The summed E-state index contributed by atoms with van der Waals surface area (Å²) in [7, 11) is 0. The lowest BCUT2D eigenvalue weighted by atomic mass is 9.98. The summed E-state index contributed by atoms with van der Waals surface area (Å²) in [6.45, 7) is 0.758. The molecule has 19 heavy (non-hydrogen) atoms. The minimum absolute atomic E-state index is 0.278. The number of aromatic nitrogens is 2. The van der Waals surface area contributed by atoms with E-state index in [1.807, 2.05) is 18.2 Å². The average molecular weight is 256 g/mol. The molecule has 4 nitrogen and oxygen atoms in total. The van der Waals surface area contributed by atoms with E-state index in [1.54, 1.807) is 0 Å². The molecule has 98 valence electrons. The predicted molar refractivity (Wildman–Crippen MR) is 70.9 cm³/mol. The van der Waals surface area contributed by atoms with Gasteiger partial charge in [-0.3, -0.25) is 4.79 Å². The molecule has 4 heteroatoms. The SMILES string of the molecule is O=C(O)C1CCn2cc(Cc3ccccc3)nc2C1. The van der Waals surface area contributed by atoms with Crippen LogP contribution in [0, 0.1) is 5.92 Å². The summed E-state index contributed by atoms with van der Waals surface area (Å²) in [5.41, 5.74) is 2.25. The maximum Gasteiger partial charge on any atom is 0.307 e. The van der Waals surface area contributed by atoms with Gasteiger partial charge in [0.05, 0.1) is 11.6 Å². The molecule has 1 atom stereocenters. The van der Waals surface area contributed by atoms with E-state index < -0.39 is 5.97 Å². The van der Waals surface area contributed by atoms with E-state index in [0.717, 1.165) is 24.5 Å². The zero-order valence-electron chi connectivity index (χ0n) is 10.6. The summed E-state index contributed by atoms with van der Waals surface area (Å²) in [6, 6.07) is 10.2. The van der Waals surface area contributed by atoms with Crippen LogP contribution in [-0.2, 0) is 24.2 Å². The van der Waals surface area contributed by atoms with E-state index in [1.165, 1.54) is 5.56 Å². The standard InChI is InChI=1S/C15H16N2O2/c18-15(19)12-6-7-17-10-13(16-14(17)9-12)8-11-4-2-1-3-5-11/h1-5,10,12H,6-9H2,(H,18,19). The van der Waals surface area contributed by atoms with E-state index in [2.05, 4.69) is 27.9 Å². The van der Waals surface area contributed by atoms with E-state index in [4.69, 9.17) is 5.11 Å². The first-order chi connectivity index (χ1) is 9.22. The smallest absolute Gasteiger partial charge is 0.307 e. The van der Waals surface area contributed by atoms with Gasteiger partial charge in [-0.15, -0.1) is 0 Å². The highest BCUT2D eigenvalue weighted by Crippen LogP contribution is 2.21. The molecule has 1 unspecified atom stereocenters. The van der Waals surface area contributed by atoms with Gasteiger partial charge in [-0.2, -0.15) is 0 Å². The molecule has 0 aliphatic carbocycles. The van der Waals surface area contributed by atoms with Gasteiger partial charge in [0.15, 0.2) is 0 Å². The Balaban J connectivity index is 1.78. The lowest BCUT2D eigenvalue weighted by Gasteiger charge is -2.19. The number of aryl methyl sites for hydroxylation is 1. The Hall–Kier alpha value is -2.10. The summed E-state index contributed by atoms with van der Waals surface area (Å²) < 4.78 is 2.09. The fourth-order valence-corrected chi connectivity index (χ4v) is 2.59. The van der Waals surface area contributed by atoms with Crippen LogP contribution in [0.25, 0.3) is 0 Å². The molecule has 0 fully saturated rings. The molecule has 1 aromatic carbocycles. The fourth-order valence-electron chi connectivity index (χ4n) is 2.59. The molecule has 2 aromatic rings. The Kier molecular flexibility index (Phi) is 3.07. The topological polar surface area (TPSA) is 55.1 Å². The zero-order chi connectivity index (χ0) is 13.2. The molecule has 1 aromatic heterocycles. The molecular weight excluding hydrogens is 240 g/mol. The van der Waals surface area contributed by atoms with Crippen LogP contribution in [0.3, 0.4) is 0 Å². The van der Waals surface area contributed by atoms with Crippen molar-refractivity contribution in [1.29, 1.82) is 0 Å². The second-order valence-electron chi connectivity index (χ2n) is 5.03. The third-order valence-corrected chi connectivity index (χ3v) is 3.63. The summed E-state index contributed by atoms with van der Waals surface area (Å²) in [6.07, 6.45) is 4.10. The lowest BCUT2D eigenvalue weighted by Crippen LogP contribution is -2.25. The van der Waals surface area contributed by atoms with E-state index >= 15 is 0 Å². The van der Waals surface area contributed by atoms with Crippen molar-refractivity contribution in [3.63, 3.8) is 0 Å². The highest BCUT2D eigenvalue weighted by Gasteiger charge is 2.25. The number of carboxylic acids is 1. The van der Waals surface area contributed by atoms with E-state index in [9.17, 15) is 4.79 Å². The van der Waals surface area contributed by atoms with Crippen LogP contribution in [0.4, 0.5) is 0 Å². The summed E-state index contributed by atoms with van der Waals surface area (Å²) >= 11 is 0. The fraction of sp³-hybridized carbons (Fsp3) is 0.333. The van der Waals surface area contributed by atoms with Crippen LogP contribution < -0.4 is 0 Å². The number of carbonyl (C=O) groups is 1. The second-order valence-corrected chi connectivity index (χ2v) is 5.03. The minimum atomic E-state index is -0.709. The Bertz CT molecular complexity index is 589. The van der Waals surface area contributed by atoms with Gasteiger partial charge in [-0.05, 0) is 12.0 Å². The second kappa shape index (κ2) is 4.88. The molecule has 0 saturated heterocycles. The quantitative estimate of drug-likeness (QED) is 0.915. The molecule has 0 amide bonds. The monoisotopic (exact) mass is 256 g/mol. The van der Waals surface area contributed by atoms with Crippen molar-refractivity contribution in [1.82, 2.24) is 9.55 Å². The van der Waals surface area contributed by atoms with Gasteiger partial charge in [-0.25, -0.2) is 4.98 Å². The largest absolute Gasteiger partial charge is 0.481 e. The number of imidazole rings is 1. The van der Waals surface area contributed by atoms with Crippen LogP contribution in [0.15, 0.2) is 36.5 Å². The molecule has 3 rings (SSSR count). The molecule has 0 saturated carbocycles. The number of hydrogen-bond acceptors (Lipinski definition) is 2. The number of aliphatic carboxylic acids is 1. The van der Waals surface area contributed by atoms with Gasteiger partial charge in [-0.1, -0.05) is 30.3 Å². The highest BCUT2D eigenvalue weighted by atomic mass is 16.4. The van der Waals surface area contributed by atoms with Crippen molar-refractivity contribution in [2.75, 3.05) is 0 Å². The van der Waals surface area contributed by atoms with Crippen molar-refractivity contribution >= 4 is 5.97 Å². The number of hydrogen-bond donors (Lipinski definition) is 1. The van der Waals surface area contributed by atoms with Crippen molar-refractivity contribution in [2.24, 2.45) is 5.92 Å². The number of rotatable bonds is 3. The van der Waals surface area contributed by atoms with Gasteiger partial charge >= 0.3 is 5.97 Å². The summed E-state index contributed by atoms with van der Waals surface area (Å²) in [4.78, 5) is 15.6. The minimum Gasteiger partial charge on any atom is -0.481 e. The van der Waals surface area contributed by atoms with Gasteiger partial charge in [0, 0.05) is 25.6 Å². The first-order valence-electron chi connectivity index (χ1n) is 6.54. The highest BCUT2D eigenvalue weighted by molar-refractivity contribution is 5.70. The van der Waals surface area contributed by atoms with Crippen LogP contribution in [0.1, 0.15) is 23.5 Å². The van der Waals surface area contributed by atoms with Gasteiger partial charge in [0.25, 0.3) is 0 Å². The van der Waals surface area contributed by atoms with Crippen LogP contribution in [0.2, 0.25) is 0 Å². The maximum absolute atomic E-state index is 11.0. The third-order valence-electron chi connectivity index (χ3n) is 3.63. The molecule has 0 spiro atoms. The van der Waals surface area contributed by atoms with Crippen molar-refractivity contribution in [3.05, 3.63) is 53.6 Å². The van der Waals surface area contributed by atoms with Gasteiger partial charge in [0.2, 0.25) is 0 Å². The number of fused-ring (bicyclic) bond motifs is 1. The average Bonchev–Trinajstić information content (AvgIpc) is 2.80. The Morgan fingerprint density at radius 1 is 1.37 bits per heavy atom.